The molecule has 0 aliphatic rings. The molecule has 0 spiro atoms. The fourth-order valence-corrected chi connectivity index (χ4v) is 3.39. The summed E-state index contributed by atoms with van der Waals surface area (Å²) < 4.78 is 0. The first-order chi connectivity index (χ1) is 14.5. The standard InChI is InChI=1S/C23H31N3O4/c27-22(28)25-17-21(26-23(29)30)15-16-24-20(13-11-18-7-3-1-4-8-18)14-12-19-9-5-2-6-10-19/h1-10,20-21,24-26H,11-17H2,(H,27,28)(H,29,30)/t21-/m1/s1. The summed E-state index contributed by atoms with van der Waals surface area (Å²) in [6, 6.07) is 20.5. The quantitative estimate of drug-likeness (QED) is 0.345. The number of aryl methyl sites for hydroxylation is 2. The molecule has 0 saturated heterocycles. The number of hydrogen-bond acceptors (Lipinski definition) is 3. The second-order valence-electron chi connectivity index (χ2n) is 7.32. The van der Waals surface area contributed by atoms with Crippen LogP contribution in [-0.4, -0.2) is 47.6 Å². The first-order valence-electron chi connectivity index (χ1n) is 10.3. The van der Waals surface area contributed by atoms with Gasteiger partial charge in [0.05, 0.1) is 6.04 Å². The lowest BCUT2D eigenvalue weighted by atomic mass is 9.99. The summed E-state index contributed by atoms with van der Waals surface area (Å²) in [7, 11) is 0. The van der Waals surface area contributed by atoms with Crippen LogP contribution in [-0.2, 0) is 12.8 Å². The van der Waals surface area contributed by atoms with Crippen LogP contribution < -0.4 is 16.0 Å². The third-order valence-corrected chi connectivity index (χ3v) is 5.00. The number of carboxylic acid groups (broad SMARTS) is 2. The van der Waals surface area contributed by atoms with E-state index in [4.69, 9.17) is 10.2 Å². The molecular weight excluding hydrogens is 382 g/mol. The van der Waals surface area contributed by atoms with Crippen molar-refractivity contribution in [1.82, 2.24) is 16.0 Å². The molecule has 7 nitrogen and oxygen atoms in total. The van der Waals surface area contributed by atoms with Crippen molar-refractivity contribution in [3.8, 4) is 0 Å². The van der Waals surface area contributed by atoms with Crippen molar-refractivity contribution >= 4 is 12.2 Å². The van der Waals surface area contributed by atoms with Crippen LogP contribution in [0.25, 0.3) is 0 Å². The van der Waals surface area contributed by atoms with Gasteiger partial charge in [-0.05, 0) is 49.8 Å². The lowest BCUT2D eigenvalue weighted by molar-refractivity contribution is 0.182. The van der Waals surface area contributed by atoms with Gasteiger partial charge in [0.25, 0.3) is 0 Å². The minimum Gasteiger partial charge on any atom is -0.465 e. The van der Waals surface area contributed by atoms with Crippen molar-refractivity contribution in [2.24, 2.45) is 0 Å². The Morgan fingerprint density at radius 2 is 1.27 bits per heavy atom. The minimum absolute atomic E-state index is 0.0437. The molecule has 2 amide bonds. The molecule has 0 aliphatic heterocycles. The highest BCUT2D eigenvalue weighted by Gasteiger charge is 2.14. The SMILES string of the molecule is O=C(O)NC[C@@H](CCNC(CCc1ccccc1)CCc1ccccc1)NC(=O)O. The highest BCUT2D eigenvalue weighted by molar-refractivity contribution is 5.66. The van der Waals surface area contributed by atoms with Gasteiger partial charge < -0.3 is 26.2 Å². The molecule has 5 N–H and O–H groups in total. The topological polar surface area (TPSA) is 111 Å². The smallest absolute Gasteiger partial charge is 0.404 e. The summed E-state index contributed by atoms with van der Waals surface area (Å²) in [5.41, 5.74) is 2.58. The molecule has 0 radical (unpaired) electrons. The maximum Gasteiger partial charge on any atom is 0.404 e. The maximum absolute atomic E-state index is 11.0. The van der Waals surface area contributed by atoms with Crippen LogP contribution in [0.2, 0.25) is 0 Å². The van der Waals surface area contributed by atoms with E-state index in [0.717, 1.165) is 25.7 Å². The van der Waals surface area contributed by atoms with Crippen molar-refractivity contribution in [2.45, 2.75) is 44.2 Å². The van der Waals surface area contributed by atoms with E-state index in [9.17, 15) is 9.59 Å². The van der Waals surface area contributed by atoms with Gasteiger partial charge in [0.1, 0.15) is 0 Å². The molecule has 2 rings (SSSR count). The van der Waals surface area contributed by atoms with Crippen molar-refractivity contribution in [3.63, 3.8) is 0 Å². The number of amides is 2. The number of nitrogens with one attached hydrogen (secondary N) is 3. The second-order valence-corrected chi connectivity index (χ2v) is 7.32. The predicted molar refractivity (Wildman–Crippen MR) is 117 cm³/mol. The van der Waals surface area contributed by atoms with E-state index in [2.05, 4.69) is 40.2 Å². The van der Waals surface area contributed by atoms with Crippen LogP contribution >= 0.6 is 0 Å². The molecule has 2 aromatic carbocycles. The van der Waals surface area contributed by atoms with Gasteiger partial charge in [-0.25, -0.2) is 9.59 Å². The Kier molecular flexibility index (Phi) is 10.2. The van der Waals surface area contributed by atoms with Gasteiger partial charge in [-0.3, -0.25) is 0 Å². The summed E-state index contributed by atoms with van der Waals surface area (Å²) >= 11 is 0. The minimum atomic E-state index is -1.16. The van der Waals surface area contributed by atoms with E-state index in [1.165, 1.54) is 11.1 Å². The molecule has 0 bridgehead atoms. The molecule has 0 heterocycles. The van der Waals surface area contributed by atoms with Crippen LogP contribution in [0.4, 0.5) is 9.59 Å². The molecule has 2 aromatic rings. The average Bonchev–Trinajstić information content (AvgIpc) is 2.74. The summed E-state index contributed by atoms with van der Waals surface area (Å²) in [6.07, 6.45) is 2.05. The number of carbonyl (C=O) groups is 2. The molecule has 0 saturated carbocycles. The van der Waals surface area contributed by atoms with Gasteiger partial charge >= 0.3 is 12.2 Å². The summed E-state index contributed by atoms with van der Waals surface area (Å²) in [4.78, 5) is 21.7. The van der Waals surface area contributed by atoms with Crippen LogP contribution in [0.5, 0.6) is 0 Å². The maximum atomic E-state index is 11.0. The normalized spacial score (nSPS) is 11.8. The Bertz CT molecular complexity index is 712. The zero-order valence-electron chi connectivity index (χ0n) is 17.1. The molecule has 7 heteroatoms. The van der Waals surface area contributed by atoms with E-state index >= 15 is 0 Å². The third-order valence-electron chi connectivity index (χ3n) is 5.00. The molecule has 1 atom stereocenters. The van der Waals surface area contributed by atoms with Gasteiger partial charge in [0, 0.05) is 12.6 Å². The van der Waals surface area contributed by atoms with E-state index in [0.29, 0.717) is 13.0 Å². The molecule has 0 aliphatic carbocycles. The van der Waals surface area contributed by atoms with E-state index in [1.807, 2.05) is 36.4 Å². The van der Waals surface area contributed by atoms with Crippen LogP contribution in [0, 0.1) is 0 Å². The molecule has 162 valence electrons. The molecule has 0 unspecified atom stereocenters. The van der Waals surface area contributed by atoms with Crippen molar-refractivity contribution in [1.29, 1.82) is 0 Å². The fraction of sp³-hybridized carbons (Fsp3) is 0.391. The molecule has 0 fully saturated rings. The zero-order chi connectivity index (χ0) is 21.6. The first-order valence-corrected chi connectivity index (χ1v) is 10.3. The summed E-state index contributed by atoms with van der Waals surface area (Å²) in [6.45, 7) is 0.641. The fourth-order valence-electron chi connectivity index (χ4n) is 3.39. The Hall–Kier alpha value is -3.06. The van der Waals surface area contributed by atoms with Gasteiger partial charge in [-0.2, -0.15) is 0 Å². The highest BCUT2D eigenvalue weighted by atomic mass is 16.4. The van der Waals surface area contributed by atoms with Crippen molar-refractivity contribution in [3.05, 3.63) is 71.8 Å². The van der Waals surface area contributed by atoms with Gasteiger partial charge in [0.15, 0.2) is 0 Å². The Balaban J connectivity index is 1.87. The Labute approximate surface area is 177 Å². The number of hydrogen-bond donors (Lipinski definition) is 5. The first kappa shape index (κ1) is 23.2. The van der Waals surface area contributed by atoms with Gasteiger partial charge in [0.2, 0.25) is 0 Å². The van der Waals surface area contributed by atoms with Crippen molar-refractivity contribution < 1.29 is 19.8 Å². The monoisotopic (exact) mass is 413 g/mol. The van der Waals surface area contributed by atoms with Gasteiger partial charge in [-0.15, -0.1) is 0 Å². The zero-order valence-corrected chi connectivity index (χ0v) is 17.1. The van der Waals surface area contributed by atoms with E-state index in [1.54, 1.807) is 0 Å². The lowest BCUT2D eigenvalue weighted by Gasteiger charge is -2.22. The molecular formula is C23H31N3O4. The van der Waals surface area contributed by atoms with Crippen molar-refractivity contribution in [2.75, 3.05) is 13.1 Å². The van der Waals surface area contributed by atoms with Crippen LogP contribution in [0.1, 0.15) is 30.4 Å². The average molecular weight is 414 g/mol. The Morgan fingerprint density at radius 3 is 1.73 bits per heavy atom. The summed E-state index contributed by atoms with van der Waals surface area (Å²) in [5, 5.41) is 25.9. The lowest BCUT2D eigenvalue weighted by Crippen LogP contribution is -2.45. The highest BCUT2D eigenvalue weighted by Crippen LogP contribution is 2.11. The predicted octanol–water partition coefficient (Wildman–Crippen LogP) is 3.50. The Morgan fingerprint density at radius 1 is 0.733 bits per heavy atom. The number of rotatable bonds is 13. The molecule has 0 aromatic heterocycles. The third kappa shape index (κ3) is 9.93. The second kappa shape index (κ2) is 13.2. The largest absolute Gasteiger partial charge is 0.465 e. The van der Waals surface area contributed by atoms with Crippen LogP contribution in [0.15, 0.2) is 60.7 Å². The molecule has 30 heavy (non-hydrogen) atoms. The van der Waals surface area contributed by atoms with E-state index < -0.39 is 18.2 Å². The van der Waals surface area contributed by atoms with Crippen LogP contribution in [0.3, 0.4) is 0 Å². The summed E-state index contributed by atoms with van der Waals surface area (Å²) in [5.74, 6) is 0. The van der Waals surface area contributed by atoms with E-state index in [-0.39, 0.29) is 12.6 Å². The number of benzene rings is 2. The van der Waals surface area contributed by atoms with Gasteiger partial charge in [-0.1, -0.05) is 60.7 Å².